The average Bonchev–Trinajstić information content (AvgIpc) is 3.25. The van der Waals surface area contributed by atoms with Gasteiger partial charge in [0.2, 0.25) is 47.3 Å². The molecular weight excluding hydrogens is 819 g/mol. The number of carbonyl (C=O) groups excluding carboxylic acids is 8. The van der Waals surface area contributed by atoms with Crippen LogP contribution in [0.4, 0.5) is 0 Å². The predicted octanol–water partition coefficient (Wildman–Crippen LogP) is 2.11. The van der Waals surface area contributed by atoms with Crippen molar-refractivity contribution in [3.05, 3.63) is 35.9 Å². The quantitative estimate of drug-likeness (QED) is 0.117. The molecule has 1 fully saturated rings. The van der Waals surface area contributed by atoms with Crippen LogP contribution in [-0.2, 0) is 44.8 Å². The lowest BCUT2D eigenvalue weighted by molar-refractivity contribution is -0.138. The van der Waals surface area contributed by atoms with E-state index in [2.05, 4.69) is 42.5 Å². The Hall–Kier alpha value is -5.06. The van der Waals surface area contributed by atoms with E-state index in [1.54, 1.807) is 58.9 Å². The van der Waals surface area contributed by atoms with Crippen LogP contribution in [0.5, 0.6) is 0 Å². The van der Waals surface area contributed by atoms with E-state index in [1.807, 2.05) is 40.7 Å². The molecule has 360 valence electrons. The highest BCUT2D eigenvalue weighted by Crippen LogP contribution is 2.16. The normalized spacial score (nSPS) is 26.8. The molecule has 0 aliphatic carbocycles. The lowest BCUT2D eigenvalue weighted by atomic mass is 9.95. The Morgan fingerprint density at radius 3 is 1.36 bits per heavy atom. The zero-order chi connectivity index (χ0) is 48.3. The molecule has 8 amide bonds. The highest BCUT2D eigenvalue weighted by atomic mass is 16.2. The molecule has 11 atom stereocenters. The molecule has 1 aliphatic heterocycles. The smallest absolute Gasteiger partial charge is 0.243 e. The Balaban J connectivity index is 2.79. The third-order valence-corrected chi connectivity index (χ3v) is 12.2. The Bertz CT molecular complexity index is 1710. The van der Waals surface area contributed by atoms with Gasteiger partial charge in [0.05, 0.1) is 0 Å². The summed E-state index contributed by atoms with van der Waals surface area (Å²) in [6.45, 7) is 20.0. The molecule has 1 heterocycles. The van der Waals surface area contributed by atoms with Crippen molar-refractivity contribution < 1.29 is 38.4 Å². The first kappa shape index (κ1) is 55.1. The maximum atomic E-state index is 14.4. The van der Waals surface area contributed by atoms with Crippen molar-refractivity contribution >= 4 is 47.3 Å². The molecule has 17 heteroatoms. The fourth-order valence-corrected chi connectivity index (χ4v) is 7.36. The molecule has 0 saturated carbocycles. The monoisotopic (exact) mass is 898 g/mol. The number of benzene rings is 1. The molecule has 0 unspecified atom stereocenters. The van der Waals surface area contributed by atoms with Crippen molar-refractivity contribution in [1.29, 1.82) is 0 Å². The summed E-state index contributed by atoms with van der Waals surface area (Å²) < 4.78 is 0. The van der Waals surface area contributed by atoms with Gasteiger partial charge in [-0.25, -0.2) is 0 Å². The third-order valence-electron chi connectivity index (χ3n) is 12.2. The maximum absolute atomic E-state index is 14.4. The SMILES string of the molecule is CC[C@@H](C)[C@H]1NC(=O)[C@H](C(C)C)NC(=O)[C@@H](C)NC(=O)[C@H]([C@@H](C)CC)NC(=O)[C@@H](CC(C)C)NC(=O)[C@@H](Cc2ccccc2)NC(=O)[C@@H]([C@@H](C)CC)NC(=O)[C@@H](CCCCN)NC1=O. The number of rotatable bonds is 15. The summed E-state index contributed by atoms with van der Waals surface area (Å²) in [5, 5.41) is 22.5. The van der Waals surface area contributed by atoms with Gasteiger partial charge in [-0.05, 0) is 74.3 Å². The molecule has 64 heavy (non-hydrogen) atoms. The van der Waals surface area contributed by atoms with Crippen LogP contribution < -0.4 is 48.3 Å². The van der Waals surface area contributed by atoms with Gasteiger partial charge in [-0.1, -0.05) is 119 Å². The first-order valence-electron chi connectivity index (χ1n) is 23.4. The van der Waals surface area contributed by atoms with Crippen LogP contribution in [0, 0.1) is 29.6 Å². The summed E-state index contributed by atoms with van der Waals surface area (Å²) in [7, 11) is 0. The lowest BCUT2D eigenvalue weighted by Gasteiger charge is -2.32. The van der Waals surface area contributed by atoms with Gasteiger partial charge >= 0.3 is 0 Å². The van der Waals surface area contributed by atoms with E-state index in [9.17, 15) is 38.4 Å². The molecule has 0 spiro atoms. The van der Waals surface area contributed by atoms with Gasteiger partial charge in [-0.3, -0.25) is 38.4 Å². The summed E-state index contributed by atoms with van der Waals surface area (Å²) in [5.41, 5.74) is 6.51. The van der Waals surface area contributed by atoms with Crippen molar-refractivity contribution in [3.63, 3.8) is 0 Å². The molecule has 1 aromatic carbocycles. The number of unbranched alkanes of at least 4 members (excludes halogenated alkanes) is 1. The standard InChI is InChI=1S/C47H79N9O8/c1-12-28(8)37-45(62)49-31(11)40(57)53-36(27(6)7)44(61)56-39(30(10)14-3)46(63)50-33(22-18-19-23-48)41(58)54-38(29(9)13-2)47(64)52-35(25-32-20-16-15-17-21-32)42(59)51-34(24-26(4)5)43(60)55-37/h15-17,20-21,26-31,33-39H,12-14,18-19,22-25,48H2,1-11H3,(H,49,62)(H,50,63)(H,51,59)(H,52,64)(H,53,57)(H,54,58)(H,55,60)(H,56,61)/t28-,29-,30+,31+,33+,34+,35+,36-,37-,38+,39+/m0/s1. The molecule has 1 aromatic rings. The largest absolute Gasteiger partial charge is 0.343 e. The molecule has 0 bridgehead atoms. The van der Waals surface area contributed by atoms with Gasteiger partial charge in [0, 0.05) is 6.42 Å². The van der Waals surface area contributed by atoms with Crippen LogP contribution in [0.15, 0.2) is 30.3 Å². The maximum Gasteiger partial charge on any atom is 0.243 e. The van der Waals surface area contributed by atoms with Crippen LogP contribution in [0.25, 0.3) is 0 Å². The van der Waals surface area contributed by atoms with E-state index < -0.39 is 119 Å². The first-order chi connectivity index (χ1) is 30.2. The Morgan fingerprint density at radius 2 is 0.891 bits per heavy atom. The number of carbonyl (C=O) groups is 8. The van der Waals surface area contributed by atoms with E-state index >= 15 is 0 Å². The second kappa shape index (κ2) is 27.3. The van der Waals surface area contributed by atoms with Crippen LogP contribution in [0.1, 0.15) is 127 Å². The average molecular weight is 898 g/mol. The highest BCUT2D eigenvalue weighted by molar-refractivity contribution is 5.99. The third kappa shape index (κ3) is 17.1. The Kier molecular flexibility index (Phi) is 23.5. The Labute approximate surface area is 380 Å². The molecule has 17 nitrogen and oxygen atoms in total. The zero-order valence-electron chi connectivity index (χ0n) is 40.1. The van der Waals surface area contributed by atoms with Gasteiger partial charge in [0.1, 0.15) is 48.3 Å². The van der Waals surface area contributed by atoms with Gasteiger partial charge < -0.3 is 48.3 Å². The van der Waals surface area contributed by atoms with E-state index in [1.165, 1.54) is 6.92 Å². The van der Waals surface area contributed by atoms with E-state index in [0.29, 0.717) is 38.6 Å². The highest BCUT2D eigenvalue weighted by Gasteiger charge is 2.38. The van der Waals surface area contributed by atoms with Gasteiger partial charge in [-0.2, -0.15) is 0 Å². The minimum atomic E-state index is -1.20. The summed E-state index contributed by atoms with van der Waals surface area (Å²) >= 11 is 0. The second-order valence-corrected chi connectivity index (χ2v) is 18.4. The van der Waals surface area contributed by atoms with Gasteiger partial charge in [0.15, 0.2) is 0 Å². The summed E-state index contributed by atoms with van der Waals surface area (Å²) in [6.07, 6.45) is 2.86. The number of hydrogen-bond acceptors (Lipinski definition) is 9. The Morgan fingerprint density at radius 1 is 0.484 bits per heavy atom. The number of amides is 8. The zero-order valence-corrected chi connectivity index (χ0v) is 40.1. The fourth-order valence-electron chi connectivity index (χ4n) is 7.36. The molecule has 0 aromatic heterocycles. The number of hydrogen-bond donors (Lipinski definition) is 9. The lowest BCUT2D eigenvalue weighted by Crippen LogP contribution is -2.63. The molecule has 1 saturated heterocycles. The van der Waals surface area contributed by atoms with E-state index in [4.69, 9.17) is 5.73 Å². The van der Waals surface area contributed by atoms with Crippen LogP contribution in [0.3, 0.4) is 0 Å². The van der Waals surface area contributed by atoms with Crippen molar-refractivity contribution in [2.75, 3.05) is 6.54 Å². The topological polar surface area (TPSA) is 259 Å². The molecular formula is C47H79N9O8. The minimum Gasteiger partial charge on any atom is -0.343 e. The molecule has 2 rings (SSSR count). The number of nitrogens with two attached hydrogens (primary N) is 1. The summed E-state index contributed by atoms with van der Waals surface area (Å²) in [6, 6.07) is -0.0528. The van der Waals surface area contributed by atoms with E-state index in [-0.39, 0.29) is 25.2 Å². The van der Waals surface area contributed by atoms with Crippen molar-refractivity contribution in [3.8, 4) is 0 Å². The van der Waals surface area contributed by atoms with Crippen LogP contribution >= 0.6 is 0 Å². The second-order valence-electron chi connectivity index (χ2n) is 18.4. The van der Waals surface area contributed by atoms with Gasteiger partial charge in [-0.15, -0.1) is 0 Å². The predicted molar refractivity (Wildman–Crippen MR) is 247 cm³/mol. The van der Waals surface area contributed by atoms with Gasteiger partial charge in [0.25, 0.3) is 0 Å². The minimum absolute atomic E-state index is 0.0472. The van der Waals surface area contributed by atoms with Crippen LogP contribution in [-0.4, -0.2) is 102 Å². The van der Waals surface area contributed by atoms with E-state index in [0.717, 1.165) is 5.56 Å². The molecule has 0 radical (unpaired) electrons. The van der Waals surface area contributed by atoms with Crippen molar-refractivity contribution in [1.82, 2.24) is 42.5 Å². The summed E-state index contributed by atoms with van der Waals surface area (Å²) in [5.74, 6) is -6.88. The summed E-state index contributed by atoms with van der Waals surface area (Å²) in [4.78, 5) is 113. The fraction of sp³-hybridized carbons (Fsp3) is 0.702. The van der Waals surface area contributed by atoms with Crippen molar-refractivity contribution in [2.24, 2.45) is 35.3 Å². The van der Waals surface area contributed by atoms with Crippen LogP contribution in [0.2, 0.25) is 0 Å². The van der Waals surface area contributed by atoms with Crippen molar-refractivity contribution in [2.45, 2.75) is 176 Å². The molecule has 10 N–H and O–H groups in total. The molecule has 1 aliphatic rings. The first-order valence-corrected chi connectivity index (χ1v) is 23.4. The number of nitrogens with one attached hydrogen (secondary N) is 8.